The molecule has 0 fully saturated rings. The van der Waals surface area contributed by atoms with E-state index in [1.807, 2.05) is 24.5 Å². The molecule has 27 heavy (non-hydrogen) atoms. The Morgan fingerprint density at radius 3 is 2.30 bits per heavy atom. The van der Waals surface area contributed by atoms with Gasteiger partial charge in [0.1, 0.15) is 16.3 Å². The van der Waals surface area contributed by atoms with Crippen molar-refractivity contribution in [3.05, 3.63) is 40.8 Å². The van der Waals surface area contributed by atoms with Gasteiger partial charge < -0.3 is 5.84 Å². The Labute approximate surface area is 160 Å². The van der Waals surface area contributed by atoms with Gasteiger partial charge in [0.2, 0.25) is 0 Å². The van der Waals surface area contributed by atoms with E-state index in [0.29, 0.717) is 34.7 Å². The highest BCUT2D eigenvalue weighted by atomic mass is 32.2. The Morgan fingerprint density at radius 1 is 1.04 bits per heavy atom. The number of hydrogen-bond donors (Lipinski definition) is 2. The molecule has 0 heterocycles. The molecular weight excluding hydrogens is 386 g/mol. The normalized spacial score (nSPS) is 14.1. The van der Waals surface area contributed by atoms with Crippen molar-refractivity contribution in [2.75, 3.05) is 6.26 Å². The van der Waals surface area contributed by atoms with Gasteiger partial charge in [-0.05, 0) is 49.4 Å². The summed E-state index contributed by atoms with van der Waals surface area (Å²) in [5.74, 6) is 5.22. The fourth-order valence-corrected chi connectivity index (χ4v) is 3.89. The monoisotopic (exact) mass is 403 g/mol. The van der Waals surface area contributed by atoms with Crippen LogP contribution in [0.5, 0.6) is 0 Å². The predicted octanol–water partition coefficient (Wildman–Crippen LogP) is 3.38. The highest BCUT2D eigenvalue weighted by molar-refractivity contribution is 7.98. The molecule has 0 saturated heterocycles. The minimum Gasteiger partial charge on any atom is -0.305 e. The number of hydrogen-bond acceptors (Lipinski definition) is 7. The van der Waals surface area contributed by atoms with Crippen LogP contribution in [-0.2, 0) is 10.1 Å². The maximum atomic E-state index is 11.8. The second-order valence-corrected chi connectivity index (χ2v) is 7.91. The molecule has 0 unspecified atom stereocenters. The lowest BCUT2D eigenvalue weighted by Crippen LogP contribution is -2.32. The summed E-state index contributed by atoms with van der Waals surface area (Å²) in [6.45, 7) is 0. The van der Waals surface area contributed by atoms with Crippen LogP contribution in [0.3, 0.4) is 0 Å². The van der Waals surface area contributed by atoms with Crippen LogP contribution in [0.15, 0.2) is 60.7 Å². The third-order valence-electron chi connectivity index (χ3n) is 3.97. The van der Waals surface area contributed by atoms with Gasteiger partial charge in [0.05, 0.1) is 5.69 Å². The Bertz CT molecular complexity index is 1140. The zero-order valence-electron chi connectivity index (χ0n) is 14.4. The van der Waals surface area contributed by atoms with Crippen molar-refractivity contribution in [2.45, 2.75) is 22.6 Å². The first-order chi connectivity index (χ1) is 12.9. The van der Waals surface area contributed by atoms with Crippen molar-refractivity contribution < 1.29 is 13.0 Å². The first-order valence-corrected chi connectivity index (χ1v) is 10.6. The molecule has 2 aromatic rings. The molecule has 0 aromatic heterocycles. The number of thioether (sulfide) groups is 1. The van der Waals surface area contributed by atoms with E-state index in [0.717, 1.165) is 4.90 Å². The number of benzene rings is 2. The standard InChI is InChI=1S/C17H17N5O3S2/c1-26-12-8-6-11(7-9-12)19-20-15-10-16(27(23,24)25)13-4-2-3-5-14(13)17(15)21-22-18/h4-10H,2-3H2,1H3,(H2,18,21)(H,23,24,25). The van der Waals surface area contributed by atoms with Gasteiger partial charge in [-0.2, -0.15) is 13.5 Å². The van der Waals surface area contributed by atoms with E-state index in [9.17, 15) is 13.0 Å². The van der Waals surface area contributed by atoms with Crippen LogP contribution >= 0.6 is 11.8 Å². The van der Waals surface area contributed by atoms with Crippen LogP contribution in [0.4, 0.5) is 17.1 Å². The van der Waals surface area contributed by atoms with Crippen LogP contribution in [0, 0.1) is 0 Å². The first-order valence-electron chi connectivity index (χ1n) is 7.95. The average molecular weight is 403 g/mol. The summed E-state index contributed by atoms with van der Waals surface area (Å²) in [6.07, 6.45) is 6.87. The highest BCUT2D eigenvalue weighted by Gasteiger charge is 2.19. The molecule has 3 rings (SSSR count). The van der Waals surface area contributed by atoms with Gasteiger partial charge in [0, 0.05) is 15.3 Å². The summed E-state index contributed by atoms with van der Waals surface area (Å²) < 4.78 is 33.3. The van der Waals surface area contributed by atoms with E-state index in [1.54, 1.807) is 30.0 Å². The average Bonchev–Trinajstić information content (AvgIpc) is 2.67. The molecule has 1 aliphatic rings. The van der Waals surface area contributed by atoms with E-state index < -0.39 is 10.1 Å². The van der Waals surface area contributed by atoms with Crippen molar-refractivity contribution in [3.8, 4) is 0 Å². The second kappa shape index (κ2) is 7.99. The number of fused-ring (bicyclic) bond motifs is 1. The van der Waals surface area contributed by atoms with Crippen LogP contribution < -0.4 is 16.3 Å². The maximum absolute atomic E-state index is 11.8. The van der Waals surface area contributed by atoms with E-state index in [1.165, 1.54) is 6.07 Å². The van der Waals surface area contributed by atoms with Crippen LogP contribution in [0.1, 0.15) is 12.8 Å². The third-order valence-corrected chi connectivity index (χ3v) is 5.60. The molecule has 0 aliphatic heterocycles. The summed E-state index contributed by atoms with van der Waals surface area (Å²) in [6, 6.07) is 8.62. The van der Waals surface area contributed by atoms with Crippen LogP contribution in [-0.4, -0.2) is 19.2 Å². The van der Waals surface area contributed by atoms with E-state index in [-0.39, 0.29) is 10.6 Å². The lowest BCUT2D eigenvalue weighted by atomic mass is 10.1. The molecule has 10 heteroatoms. The lowest BCUT2D eigenvalue weighted by Gasteiger charge is -2.09. The van der Waals surface area contributed by atoms with Gasteiger partial charge in [0.25, 0.3) is 10.1 Å². The SMILES string of the molecule is CSc1ccc(N=Nc2cc(S(=O)(=O)O)c3c(c2N=NN)=CCCC=3)cc1. The minimum atomic E-state index is -4.45. The van der Waals surface area contributed by atoms with Crippen LogP contribution in [0.2, 0.25) is 0 Å². The topological polar surface area (TPSA) is 130 Å². The van der Waals surface area contributed by atoms with E-state index in [2.05, 4.69) is 20.6 Å². The molecule has 0 atom stereocenters. The highest BCUT2D eigenvalue weighted by Crippen LogP contribution is 2.29. The quantitative estimate of drug-likeness (QED) is 0.260. The van der Waals surface area contributed by atoms with Gasteiger partial charge in [0.15, 0.2) is 0 Å². The van der Waals surface area contributed by atoms with Gasteiger partial charge in [-0.15, -0.1) is 22.0 Å². The van der Waals surface area contributed by atoms with Gasteiger partial charge in [-0.25, -0.2) is 0 Å². The minimum absolute atomic E-state index is 0.149. The molecular formula is C17H17N5O3S2. The Morgan fingerprint density at radius 2 is 1.70 bits per heavy atom. The fraction of sp³-hybridized carbons (Fsp3) is 0.176. The summed E-state index contributed by atoms with van der Waals surface area (Å²) in [7, 11) is -4.45. The molecule has 0 bridgehead atoms. The maximum Gasteiger partial charge on any atom is 0.295 e. The largest absolute Gasteiger partial charge is 0.305 e. The van der Waals surface area contributed by atoms with E-state index in [4.69, 9.17) is 5.84 Å². The molecule has 8 nitrogen and oxygen atoms in total. The third kappa shape index (κ3) is 4.24. The number of nitrogens with zero attached hydrogens (tertiary/aromatic N) is 4. The van der Waals surface area contributed by atoms with Crippen LogP contribution in [0.25, 0.3) is 12.2 Å². The van der Waals surface area contributed by atoms with Crippen molar-refractivity contribution in [2.24, 2.45) is 26.4 Å². The summed E-state index contributed by atoms with van der Waals surface area (Å²) in [5.41, 5.74) is 1.04. The lowest BCUT2D eigenvalue weighted by molar-refractivity contribution is 0.482. The van der Waals surface area contributed by atoms with E-state index >= 15 is 0 Å². The molecule has 0 spiro atoms. The fourth-order valence-electron chi connectivity index (χ4n) is 2.75. The zero-order valence-corrected chi connectivity index (χ0v) is 16.0. The molecule has 3 N–H and O–H groups in total. The first kappa shape index (κ1) is 19.2. The number of nitrogens with two attached hydrogens (primary N) is 1. The Balaban J connectivity index is 2.21. The van der Waals surface area contributed by atoms with Crippen molar-refractivity contribution in [1.29, 1.82) is 0 Å². The molecule has 0 radical (unpaired) electrons. The summed E-state index contributed by atoms with van der Waals surface area (Å²) in [5, 5.41) is 16.4. The molecule has 2 aromatic carbocycles. The van der Waals surface area contributed by atoms with Gasteiger partial charge >= 0.3 is 0 Å². The summed E-state index contributed by atoms with van der Waals surface area (Å²) in [4.78, 5) is 0.843. The van der Waals surface area contributed by atoms with Crippen molar-refractivity contribution in [1.82, 2.24) is 0 Å². The second-order valence-electron chi connectivity index (χ2n) is 5.64. The Kier molecular flexibility index (Phi) is 5.68. The van der Waals surface area contributed by atoms with Crippen molar-refractivity contribution in [3.63, 3.8) is 0 Å². The van der Waals surface area contributed by atoms with Gasteiger partial charge in [-0.3, -0.25) is 4.55 Å². The molecule has 140 valence electrons. The number of azo groups is 1. The zero-order chi connectivity index (χ0) is 19.4. The predicted molar refractivity (Wildman–Crippen MR) is 105 cm³/mol. The molecule has 0 saturated carbocycles. The van der Waals surface area contributed by atoms with Gasteiger partial charge in [-0.1, -0.05) is 17.4 Å². The number of rotatable bonds is 5. The van der Waals surface area contributed by atoms with Crippen molar-refractivity contribution >= 4 is 51.1 Å². The summed E-state index contributed by atoms with van der Waals surface area (Å²) >= 11 is 1.61. The Hall–Kier alpha value is -2.56. The molecule has 1 aliphatic carbocycles. The smallest absolute Gasteiger partial charge is 0.295 e. The molecule has 0 amide bonds.